The maximum absolute atomic E-state index is 14.1. The van der Waals surface area contributed by atoms with E-state index in [4.69, 9.17) is 0 Å². The van der Waals surface area contributed by atoms with Crippen LogP contribution >= 0.6 is 0 Å². The van der Waals surface area contributed by atoms with Gasteiger partial charge in [-0.25, -0.2) is 4.39 Å². The molecule has 2 unspecified atom stereocenters. The monoisotopic (exact) mass is 336 g/mol. The molecular formula is C21H30F2O. The zero-order chi connectivity index (χ0) is 18.3. The molecule has 0 heterocycles. The van der Waals surface area contributed by atoms with Crippen molar-refractivity contribution in [2.45, 2.75) is 52.9 Å². The molecule has 0 aromatic carbocycles. The first-order valence-corrected chi connectivity index (χ1v) is 8.69. The van der Waals surface area contributed by atoms with Crippen molar-refractivity contribution in [3.8, 4) is 0 Å². The molecular weight excluding hydrogens is 306 g/mol. The molecule has 134 valence electrons. The van der Waals surface area contributed by atoms with Gasteiger partial charge in [-0.3, -0.25) is 0 Å². The van der Waals surface area contributed by atoms with Crippen molar-refractivity contribution in [2.75, 3.05) is 7.11 Å². The summed E-state index contributed by atoms with van der Waals surface area (Å²) in [7, 11) is 1.26. The van der Waals surface area contributed by atoms with Gasteiger partial charge in [-0.15, -0.1) is 0 Å². The van der Waals surface area contributed by atoms with Gasteiger partial charge in [-0.1, -0.05) is 64.5 Å². The van der Waals surface area contributed by atoms with E-state index >= 15 is 0 Å². The summed E-state index contributed by atoms with van der Waals surface area (Å²) < 4.78 is 32.5. The molecule has 3 heteroatoms. The molecule has 0 N–H and O–H groups in total. The van der Waals surface area contributed by atoms with E-state index in [2.05, 4.69) is 38.7 Å². The molecule has 0 fully saturated rings. The lowest BCUT2D eigenvalue weighted by Crippen LogP contribution is -2.06. The van der Waals surface area contributed by atoms with E-state index in [9.17, 15) is 8.78 Å². The van der Waals surface area contributed by atoms with Gasteiger partial charge >= 0.3 is 0 Å². The predicted octanol–water partition coefficient (Wildman–Crippen LogP) is 6.96. The van der Waals surface area contributed by atoms with E-state index in [-0.39, 0.29) is 11.3 Å². The third-order valence-corrected chi connectivity index (χ3v) is 4.94. The number of rotatable bonds is 9. The molecule has 0 saturated carbocycles. The highest BCUT2D eigenvalue weighted by atomic mass is 19.2. The molecule has 0 aromatic heterocycles. The van der Waals surface area contributed by atoms with Crippen LogP contribution in [-0.4, -0.2) is 7.11 Å². The predicted molar refractivity (Wildman–Crippen MR) is 97.8 cm³/mol. The number of allylic oxidation sites excluding steroid dienone is 7. The van der Waals surface area contributed by atoms with Crippen LogP contribution in [0.25, 0.3) is 0 Å². The van der Waals surface area contributed by atoms with Crippen LogP contribution in [0.5, 0.6) is 0 Å². The minimum absolute atomic E-state index is 0.0771. The second-order valence-electron chi connectivity index (χ2n) is 6.66. The average molecular weight is 336 g/mol. The minimum atomic E-state index is -1.08. The molecule has 0 bridgehead atoms. The second kappa shape index (κ2) is 9.61. The lowest BCUT2D eigenvalue weighted by atomic mass is 9.84. The van der Waals surface area contributed by atoms with Crippen molar-refractivity contribution in [3.63, 3.8) is 0 Å². The van der Waals surface area contributed by atoms with E-state index in [1.807, 2.05) is 12.2 Å². The molecule has 2 atom stereocenters. The maximum atomic E-state index is 14.1. The summed E-state index contributed by atoms with van der Waals surface area (Å²) in [5.41, 5.74) is 2.18. The van der Waals surface area contributed by atoms with Crippen LogP contribution in [0, 0.1) is 11.8 Å². The number of methoxy groups -OCH3 is 1. The summed E-state index contributed by atoms with van der Waals surface area (Å²) in [4.78, 5) is 0. The van der Waals surface area contributed by atoms with Gasteiger partial charge in [0.2, 0.25) is 5.83 Å². The Labute approximate surface area is 145 Å². The van der Waals surface area contributed by atoms with Crippen LogP contribution in [0.3, 0.4) is 0 Å². The topological polar surface area (TPSA) is 9.23 Å². The molecule has 1 aliphatic carbocycles. The molecule has 0 spiro atoms. The van der Waals surface area contributed by atoms with Crippen molar-refractivity contribution < 1.29 is 13.5 Å². The lowest BCUT2D eigenvalue weighted by Gasteiger charge is -2.22. The summed E-state index contributed by atoms with van der Waals surface area (Å²) in [6.07, 6.45) is 9.05. The highest BCUT2D eigenvalue weighted by Crippen LogP contribution is 2.34. The molecule has 0 aromatic rings. The van der Waals surface area contributed by atoms with Crippen molar-refractivity contribution in [2.24, 2.45) is 11.8 Å². The first-order valence-electron chi connectivity index (χ1n) is 8.69. The number of hydrogen-bond acceptors (Lipinski definition) is 1. The molecule has 0 saturated heterocycles. The third-order valence-electron chi connectivity index (χ3n) is 4.94. The van der Waals surface area contributed by atoms with E-state index < -0.39 is 11.7 Å². The highest BCUT2D eigenvalue weighted by molar-refractivity contribution is 5.48. The third kappa shape index (κ3) is 5.47. The van der Waals surface area contributed by atoms with Gasteiger partial charge in [-0.2, -0.15) is 4.39 Å². The Morgan fingerprint density at radius 2 is 1.79 bits per heavy atom. The summed E-state index contributed by atoms with van der Waals surface area (Å²) in [6, 6.07) is 0. The fourth-order valence-electron chi connectivity index (χ4n) is 2.72. The highest BCUT2D eigenvalue weighted by Gasteiger charge is 2.20. The van der Waals surface area contributed by atoms with Crippen LogP contribution < -0.4 is 0 Å². The van der Waals surface area contributed by atoms with Crippen LogP contribution in [0.4, 0.5) is 8.78 Å². The molecule has 24 heavy (non-hydrogen) atoms. The summed E-state index contributed by atoms with van der Waals surface area (Å²) >= 11 is 0. The van der Waals surface area contributed by atoms with Gasteiger partial charge in [0.15, 0.2) is 5.83 Å². The molecule has 0 radical (unpaired) electrons. The standard InChI is InChI=1S/C21H30F2O/c1-7-14(2)8-9-15(3)18-10-12-19(13-11-18)16(4)20(22)21(23)17(5)24-6/h10,12,14-15H,4-5,7-9,11,13H2,1-3,6H3/b21-20-. The summed E-state index contributed by atoms with van der Waals surface area (Å²) in [6.45, 7) is 13.8. The zero-order valence-electron chi connectivity index (χ0n) is 15.4. The Bertz CT molecular complexity index is 566. The normalized spacial score (nSPS) is 18.1. The fourth-order valence-corrected chi connectivity index (χ4v) is 2.72. The summed E-state index contributed by atoms with van der Waals surface area (Å²) in [5.74, 6) is -1.12. The van der Waals surface area contributed by atoms with Crippen molar-refractivity contribution in [3.05, 3.63) is 59.4 Å². The minimum Gasteiger partial charge on any atom is -0.494 e. The maximum Gasteiger partial charge on any atom is 0.200 e. The van der Waals surface area contributed by atoms with Gasteiger partial charge in [-0.05, 0) is 36.7 Å². The molecule has 1 rings (SSSR count). The van der Waals surface area contributed by atoms with Crippen molar-refractivity contribution >= 4 is 0 Å². The molecule has 1 nitrogen and oxygen atoms in total. The van der Waals surface area contributed by atoms with Crippen molar-refractivity contribution in [1.82, 2.24) is 0 Å². The summed E-state index contributed by atoms with van der Waals surface area (Å²) in [5, 5.41) is 0. The Kier molecular flexibility index (Phi) is 8.17. The zero-order valence-corrected chi connectivity index (χ0v) is 15.4. The van der Waals surface area contributed by atoms with Crippen LogP contribution in [0.1, 0.15) is 52.9 Å². The Balaban J connectivity index is 2.77. The molecule has 0 aliphatic heterocycles. The smallest absolute Gasteiger partial charge is 0.200 e. The molecule has 1 aliphatic rings. The van der Waals surface area contributed by atoms with Crippen LogP contribution in [0.2, 0.25) is 0 Å². The first kappa shape index (κ1) is 20.4. The van der Waals surface area contributed by atoms with Crippen LogP contribution in [0.15, 0.2) is 59.4 Å². The first-order chi connectivity index (χ1) is 11.3. The fraction of sp³-hybridized carbons (Fsp3) is 0.524. The van der Waals surface area contributed by atoms with Crippen molar-refractivity contribution in [1.29, 1.82) is 0 Å². The van der Waals surface area contributed by atoms with Gasteiger partial charge in [0.05, 0.1) is 7.11 Å². The van der Waals surface area contributed by atoms with E-state index in [1.165, 1.54) is 31.9 Å². The van der Waals surface area contributed by atoms with E-state index in [0.717, 1.165) is 17.9 Å². The number of hydrogen-bond donors (Lipinski definition) is 0. The SMILES string of the molecule is C=C(OC)/C(F)=C(/F)C(=C)C1=CC=C(C(C)CCC(C)CC)CC1. The van der Waals surface area contributed by atoms with E-state index in [0.29, 0.717) is 12.3 Å². The Hall–Kier alpha value is -1.64. The van der Waals surface area contributed by atoms with Crippen LogP contribution in [-0.2, 0) is 4.74 Å². The van der Waals surface area contributed by atoms with Gasteiger partial charge in [0.1, 0.15) is 5.76 Å². The molecule has 0 amide bonds. The van der Waals surface area contributed by atoms with Gasteiger partial charge in [0.25, 0.3) is 0 Å². The van der Waals surface area contributed by atoms with Gasteiger partial charge < -0.3 is 4.74 Å². The quantitative estimate of drug-likeness (QED) is 0.326. The largest absolute Gasteiger partial charge is 0.494 e. The van der Waals surface area contributed by atoms with Gasteiger partial charge in [0, 0.05) is 5.57 Å². The Morgan fingerprint density at radius 3 is 2.29 bits per heavy atom. The lowest BCUT2D eigenvalue weighted by molar-refractivity contribution is 0.281. The van der Waals surface area contributed by atoms with E-state index in [1.54, 1.807) is 0 Å². The number of halogens is 2. The second-order valence-corrected chi connectivity index (χ2v) is 6.66. The number of ether oxygens (including phenoxy) is 1. The average Bonchev–Trinajstić information content (AvgIpc) is 2.63. The Morgan fingerprint density at radius 1 is 1.12 bits per heavy atom.